The van der Waals surface area contributed by atoms with Crippen LogP contribution in [-0.4, -0.2) is 60.6 Å². The quantitative estimate of drug-likeness (QED) is 0.836. The summed E-state index contributed by atoms with van der Waals surface area (Å²) >= 11 is 0. The van der Waals surface area contributed by atoms with Gasteiger partial charge in [-0.3, -0.25) is 4.90 Å². The van der Waals surface area contributed by atoms with Crippen molar-refractivity contribution >= 4 is 0 Å². The van der Waals surface area contributed by atoms with Crippen molar-refractivity contribution in [3.63, 3.8) is 0 Å². The Hall–Kier alpha value is -0.120. The van der Waals surface area contributed by atoms with Crippen LogP contribution in [-0.2, 0) is 0 Å². The van der Waals surface area contributed by atoms with Crippen molar-refractivity contribution in [1.82, 2.24) is 15.1 Å². The molecule has 0 bridgehead atoms. The minimum Gasteiger partial charge on any atom is -0.308 e. The van der Waals surface area contributed by atoms with Crippen LogP contribution in [0.1, 0.15) is 40.0 Å². The lowest BCUT2D eigenvalue weighted by Gasteiger charge is -2.46. The summed E-state index contributed by atoms with van der Waals surface area (Å²) in [4.78, 5) is 5.39. The summed E-state index contributed by atoms with van der Waals surface area (Å²) in [7, 11) is 0. The van der Waals surface area contributed by atoms with E-state index in [0.717, 1.165) is 11.8 Å². The van der Waals surface area contributed by atoms with Gasteiger partial charge in [0.2, 0.25) is 0 Å². The zero-order valence-electron chi connectivity index (χ0n) is 13.0. The molecule has 0 spiro atoms. The molecule has 0 aromatic rings. The summed E-state index contributed by atoms with van der Waals surface area (Å²) in [6, 6.07) is 0.711. The number of hydrogen-bond donors (Lipinski definition) is 1. The van der Waals surface area contributed by atoms with E-state index in [1.165, 1.54) is 58.5 Å². The molecule has 3 aliphatic rings. The Morgan fingerprint density at radius 2 is 2.05 bits per heavy atom. The number of rotatable bonds is 4. The fourth-order valence-electron chi connectivity index (χ4n) is 4.06. The van der Waals surface area contributed by atoms with Gasteiger partial charge >= 0.3 is 0 Å². The fourth-order valence-corrected chi connectivity index (χ4v) is 4.06. The monoisotopic (exact) mass is 265 g/mol. The minimum atomic E-state index is 0.398. The van der Waals surface area contributed by atoms with Gasteiger partial charge in [-0.2, -0.15) is 0 Å². The van der Waals surface area contributed by atoms with Crippen LogP contribution in [0.25, 0.3) is 0 Å². The smallest absolute Gasteiger partial charge is 0.0309 e. The molecule has 0 aromatic heterocycles. The van der Waals surface area contributed by atoms with E-state index in [-0.39, 0.29) is 0 Å². The van der Waals surface area contributed by atoms with Gasteiger partial charge in [-0.1, -0.05) is 6.92 Å². The third kappa shape index (κ3) is 2.98. The highest BCUT2D eigenvalue weighted by molar-refractivity contribution is 5.03. The van der Waals surface area contributed by atoms with Crippen molar-refractivity contribution in [2.75, 3.05) is 39.3 Å². The molecule has 3 unspecified atom stereocenters. The predicted molar refractivity (Wildman–Crippen MR) is 80.4 cm³/mol. The molecule has 3 atom stereocenters. The average Bonchev–Trinajstić information content (AvgIpc) is 3.16. The third-order valence-electron chi connectivity index (χ3n) is 5.74. The molecule has 1 aliphatic carbocycles. The van der Waals surface area contributed by atoms with Crippen LogP contribution in [0.15, 0.2) is 0 Å². The lowest BCUT2D eigenvalue weighted by molar-refractivity contribution is 0.0700. The standard InChI is InChI=1S/C16H31N3/c1-4-18-8-7-14(10-18)11-19-12-16(3,15-5-6-15)17-9-13(19)2/h13-15,17H,4-12H2,1-3H3. The molecule has 0 radical (unpaired) electrons. The van der Waals surface area contributed by atoms with Gasteiger partial charge in [-0.15, -0.1) is 0 Å². The number of hydrogen-bond acceptors (Lipinski definition) is 3. The maximum Gasteiger partial charge on any atom is 0.0309 e. The Morgan fingerprint density at radius 1 is 1.26 bits per heavy atom. The summed E-state index contributed by atoms with van der Waals surface area (Å²) in [5.74, 6) is 1.85. The number of nitrogens with zero attached hydrogens (tertiary/aromatic N) is 2. The lowest BCUT2D eigenvalue weighted by Crippen LogP contribution is -2.63. The summed E-state index contributed by atoms with van der Waals surface area (Å²) < 4.78 is 0. The molecule has 2 saturated heterocycles. The Balaban J connectivity index is 1.56. The first kappa shape index (κ1) is 13.8. The normalized spacial score (nSPS) is 41.8. The van der Waals surface area contributed by atoms with Crippen LogP contribution >= 0.6 is 0 Å². The van der Waals surface area contributed by atoms with Gasteiger partial charge in [-0.25, -0.2) is 0 Å². The van der Waals surface area contributed by atoms with Crippen LogP contribution < -0.4 is 5.32 Å². The molecule has 3 nitrogen and oxygen atoms in total. The molecule has 3 heteroatoms. The van der Waals surface area contributed by atoms with Crippen molar-refractivity contribution < 1.29 is 0 Å². The van der Waals surface area contributed by atoms with Crippen molar-refractivity contribution in [3.8, 4) is 0 Å². The molecule has 2 aliphatic heterocycles. The lowest BCUT2D eigenvalue weighted by atomic mass is 9.90. The van der Waals surface area contributed by atoms with Gasteiger partial charge in [0.25, 0.3) is 0 Å². The minimum absolute atomic E-state index is 0.398. The Labute approximate surface area is 118 Å². The molecule has 0 amide bonds. The highest BCUT2D eigenvalue weighted by atomic mass is 15.3. The van der Waals surface area contributed by atoms with E-state index in [9.17, 15) is 0 Å². The Bertz CT molecular complexity index is 315. The zero-order valence-corrected chi connectivity index (χ0v) is 13.0. The zero-order chi connectivity index (χ0) is 13.5. The second-order valence-electron chi connectivity index (χ2n) is 7.40. The number of likely N-dealkylation sites (tertiary alicyclic amines) is 1. The van der Waals surface area contributed by atoms with Crippen LogP contribution in [0, 0.1) is 11.8 Å². The summed E-state index contributed by atoms with van der Waals surface area (Å²) in [6.07, 6.45) is 4.29. The highest BCUT2D eigenvalue weighted by Crippen LogP contribution is 2.41. The largest absolute Gasteiger partial charge is 0.308 e. The maximum absolute atomic E-state index is 3.83. The predicted octanol–water partition coefficient (Wildman–Crippen LogP) is 1.79. The van der Waals surface area contributed by atoms with Crippen molar-refractivity contribution in [1.29, 1.82) is 0 Å². The topological polar surface area (TPSA) is 18.5 Å². The van der Waals surface area contributed by atoms with Crippen LogP contribution in [0.3, 0.4) is 0 Å². The molecular formula is C16H31N3. The van der Waals surface area contributed by atoms with Crippen LogP contribution in [0.4, 0.5) is 0 Å². The van der Waals surface area contributed by atoms with Crippen molar-refractivity contribution in [2.24, 2.45) is 11.8 Å². The van der Waals surface area contributed by atoms with Gasteiger partial charge in [0.1, 0.15) is 0 Å². The van der Waals surface area contributed by atoms with Gasteiger partial charge < -0.3 is 10.2 Å². The van der Waals surface area contributed by atoms with Crippen LogP contribution in [0.2, 0.25) is 0 Å². The molecule has 19 heavy (non-hydrogen) atoms. The molecule has 1 saturated carbocycles. The number of piperazine rings is 1. The second-order valence-corrected chi connectivity index (χ2v) is 7.40. The number of nitrogens with one attached hydrogen (secondary N) is 1. The SMILES string of the molecule is CCN1CCC(CN2CC(C)(C3CC3)NCC2C)C1. The maximum atomic E-state index is 3.83. The van der Waals surface area contributed by atoms with E-state index >= 15 is 0 Å². The first-order valence-electron chi connectivity index (χ1n) is 8.32. The second kappa shape index (κ2) is 5.34. The summed E-state index contributed by atoms with van der Waals surface area (Å²) in [6.45, 7) is 14.8. The highest BCUT2D eigenvalue weighted by Gasteiger charge is 2.45. The van der Waals surface area contributed by atoms with Gasteiger partial charge in [0.15, 0.2) is 0 Å². The van der Waals surface area contributed by atoms with E-state index in [2.05, 4.69) is 35.9 Å². The van der Waals surface area contributed by atoms with E-state index in [1.54, 1.807) is 0 Å². The van der Waals surface area contributed by atoms with Gasteiger partial charge in [0.05, 0.1) is 0 Å². The van der Waals surface area contributed by atoms with Gasteiger partial charge in [-0.05, 0) is 58.0 Å². The molecule has 0 aromatic carbocycles. The van der Waals surface area contributed by atoms with E-state index in [4.69, 9.17) is 0 Å². The molecule has 1 N–H and O–H groups in total. The van der Waals surface area contributed by atoms with Crippen molar-refractivity contribution in [2.45, 2.75) is 51.6 Å². The first-order chi connectivity index (χ1) is 9.10. The van der Waals surface area contributed by atoms with Crippen LogP contribution in [0.5, 0.6) is 0 Å². The summed E-state index contributed by atoms with van der Waals surface area (Å²) in [5, 5.41) is 3.83. The summed E-state index contributed by atoms with van der Waals surface area (Å²) in [5.41, 5.74) is 0.398. The Morgan fingerprint density at radius 3 is 2.68 bits per heavy atom. The first-order valence-corrected chi connectivity index (χ1v) is 8.32. The van der Waals surface area contributed by atoms with E-state index in [0.29, 0.717) is 11.6 Å². The van der Waals surface area contributed by atoms with E-state index in [1.807, 2.05) is 0 Å². The molecular weight excluding hydrogens is 234 g/mol. The van der Waals surface area contributed by atoms with Crippen molar-refractivity contribution in [3.05, 3.63) is 0 Å². The van der Waals surface area contributed by atoms with E-state index < -0.39 is 0 Å². The fraction of sp³-hybridized carbons (Fsp3) is 1.00. The Kier molecular flexibility index (Phi) is 3.89. The third-order valence-corrected chi connectivity index (χ3v) is 5.74. The molecule has 3 fully saturated rings. The average molecular weight is 265 g/mol. The molecule has 2 heterocycles. The molecule has 110 valence electrons. The molecule has 3 rings (SSSR count). The van der Waals surface area contributed by atoms with Gasteiger partial charge in [0, 0.05) is 37.8 Å².